The van der Waals surface area contributed by atoms with Gasteiger partial charge in [0.1, 0.15) is 0 Å². The Morgan fingerprint density at radius 3 is 2.61 bits per heavy atom. The Hall–Kier alpha value is -1.39. The van der Waals surface area contributed by atoms with Crippen LogP contribution < -0.4 is 5.73 Å². The van der Waals surface area contributed by atoms with Crippen molar-refractivity contribution in [2.24, 2.45) is 5.73 Å². The predicted octanol–water partition coefficient (Wildman–Crippen LogP) is 0.978. The van der Waals surface area contributed by atoms with Crippen molar-refractivity contribution in [2.45, 2.75) is 31.8 Å². The molecule has 2 unspecified atom stereocenters. The van der Waals surface area contributed by atoms with E-state index in [9.17, 15) is 9.90 Å². The second kappa shape index (κ2) is 5.50. The van der Waals surface area contributed by atoms with Crippen LogP contribution in [-0.2, 0) is 4.79 Å². The van der Waals surface area contributed by atoms with Gasteiger partial charge in [-0.15, -0.1) is 0 Å². The van der Waals surface area contributed by atoms with Crippen molar-refractivity contribution in [2.75, 3.05) is 13.2 Å². The van der Waals surface area contributed by atoms with Gasteiger partial charge < -0.3 is 15.7 Å². The number of nitrogens with two attached hydrogens (primary N) is 1. The number of carbonyl (C=O) groups excluding carboxylic acids is 1. The molecular formula is C14H20N2O2. The van der Waals surface area contributed by atoms with Crippen LogP contribution in [0.1, 0.15) is 30.0 Å². The summed E-state index contributed by atoms with van der Waals surface area (Å²) in [6.45, 7) is 2.68. The van der Waals surface area contributed by atoms with Crippen molar-refractivity contribution in [1.82, 2.24) is 4.90 Å². The fraction of sp³-hybridized carbons (Fsp3) is 0.500. The van der Waals surface area contributed by atoms with Gasteiger partial charge in [0.05, 0.1) is 6.04 Å². The van der Waals surface area contributed by atoms with Gasteiger partial charge in [-0.3, -0.25) is 4.79 Å². The molecule has 0 saturated carbocycles. The Morgan fingerprint density at radius 2 is 2.11 bits per heavy atom. The average molecular weight is 248 g/mol. The van der Waals surface area contributed by atoms with Crippen molar-refractivity contribution in [1.29, 1.82) is 0 Å². The van der Waals surface area contributed by atoms with Crippen LogP contribution in [0.4, 0.5) is 0 Å². The highest BCUT2D eigenvalue weighted by Gasteiger charge is 2.32. The molecule has 0 radical (unpaired) electrons. The first-order valence-electron chi connectivity index (χ1n) is 6.34. The summed E-state index contributed by atoms with van der Waals surface area (Å²) in [6, 6.07) is 7.96. The van der Waals surface area contributed by atoms with Crippen molar-refractivity contribution < 1.29 is 9.90 Å². The molecule has 0 bridgehead atoms. The van der Waals surface area contributed by atoms with Crippen molar-refractivity contribution in [3.63, 3.8) is 0 Å². The van der Waals surface area contributed by atoms with Gasteiger partial charge in [-0.2, -0.15) is 0 Å². The number of amides is 1. The Labute approximate surface area is 107 Å². The summed E-state index contributed by atoms with van der Waals surface area (Å²) in [5, 5.41) is 9.20. The second-order valence-corrected chi connectivity index (χ2v) is 4.95. The van der Waals surface area contributed by atoms with Crippen molar-refractivity contribution >= 4 is 5.91 Å². The minimum atomic E-state index is -0.0795. The standard InChI is InChI=1S/C14H20N2O2/c1-10-2-4-11(5-3-10)13(6-7-17)16-9-12(15)8-14(16)18/h2-5,12-13,17H,6-9,15H2,1H3. The van der Waals surface area contributed by atoms with Crippen LogP contribution in [0.5, 0.6) is 0 Å². The Bertz CT molecular complexity index is 416. The number of rotatable bonds is 4. The molecule has 2 rings (SSSR count). The number of likely N-dealkylation sites (tertiary alicyclic amines) is 1. The van der Waals surface area contributed by atoms with E-state index < -0.39 is 0 Å². The summed E-state index contributed by atoms with van der Waals surface area (Å²) < 4.78 is 0. The maximum Gasteiger partial charge on any atom is 0.224 e. The number of carbonyl (C=O) groups is 1. The lowest BCUT2D eigenvalue weighted by Crippen LogP contribution is -2.32. The number of aryl methyl sites for hydroxylation is 1. The molecule has 98 valence electrons. The second-order valence-electron chi connectivity index (χ2n) is 4.95. The molecule has 1 saturated heterocycles. The molecule has 0 aromatic heterocycles. The van der Waals surface area contributed by atoms with Gasteiger partial charge in [0.15, 0.2) is 0 Å². The van der Waals surface area contributed by atoms with Crippen molar-refractivity contribution in [3.05, 3.63) is 35.4 Å². The molecule has 4 nitrogen and oxygen atoms in total. The van der Waals surface area contributed by atoms with Crippen molar-refractivity contribution in [3.8, 4) is 0 Å². The number of hydrogen-bond acceptors (Lipinski definition) is 3. The smallest absolute Gasteiger partial charge is 0.224 e. The first kappa shape index (κ1) is 13.1. The van der Waals surface area contributed by atoms with Gasteiger partial charge >= 0.3 is 0 Å². The first-order chi connectivity index (χ1) is 8.61. The maximum absolute atomic E-state index is 11.9. The molecule has 2 atom stereocenters. The normalized spacial score (nSPS) is 21.4. The van der Waals surface area contributed by atoms with Gasteiger partial charge in [-0.25, -0.2) is 0 Å². The number of aliphatic hydroxyl groups excluding tert-OH is 1. The Kier molecular flexibility index (Phi) is 3.99. The molecule has 4 heteroatoms. The summed E-state index contributed by atoms with van der Waals surface area (Å²) >= 11 is 0. The lowest BCUT2D eigenvalue weighted by atomic mass is 10.0. The summed E-state index contributed by atoms with van der Waals surface area (Å²) in [5.41, 5.74) is 8.08. The van der Waals surface area contributed by atoms with Crippen LogP contribution in [0, 0.1) is 6.92 Å². The highest BCUT2D eigenvalue weighted by atomic mass is 16.3. The molecular weight excluding hydrogens is 228 g/mol. The van der Waals surface area contributed by atoms with Gasteiger partial charge in [0.2, 0.25) is 5.91 Å². The molecule has 1 aromatic carbocycles. The third kappa shape index (κ3) is 2.71. The molecule has 1 aliphatic heterocycles. The zero-order valence-electron chi connectivity index (χ0n) is 10.7. The predicted molar refractivity (Wildman–Crippen MR) is 69.9 cm³/mol. The molecule has 0 aliphatic carbocycles. The number of aliphatic hydroxyl groups is 1. The van der Waals surface area contributed by atoms with Crippen LogP contribution in [0.3, 0.4) is 0 Å². The summed E-state index contributed by atoms with van der Waals surface area (Å²) in [7, 11) is 0. The van der Waals surface area contributed by atoms with E-state index in [1.54, 1.807) is 4.90 Å². The minimum absolute atomic E-state index is 0.0587. The minimum Gasteiger partial charge on any atom is -0.396 e. The molecule has 1 aromatic rings. The molecule has 3 N–H and O–H groups in total. The fourth-order valence-corrected chi connectivity index (χ4v) is 2.47. The lowest BCUT2D eigenvalue weighted by molar-refractivity contribution is -0.130. The van der Waals surface area contributed by atoms with Crippen LogP contribution in [-0.4, -0.2) is 35.1 Å². The third-order valence-electron chi connectivity index (χ3n) is 3.43. The van der Waals surface area contributed by atoms with Crippen LogP contribution in [0.15, 0.2) is 24.3 Å². The van der Waals surface area contributed by atoms with E-state index in [0.29, 0.717) is 19.4 Å². The van der Waals surface area contributed by atoms with E-state index in [0.717, 1.165) is 5.56 Å². The molecule has 1 amide bonds. The van der Waals surface area contributed by atoms with Crippen LogP contribution in [0.2, 0.25) is 0 Å². The number of nitrogens with zero attached hydrogens (tertiary/aromatic N) is 1. The van der Waals surface area contributed by atoms with Gasteiger partial charge in [-0.05, 0) is 18.9 Å². The third-order valence-corrected chi connectivity index (χ3v) is 3.43. The highest BCUT2D eigenvalue weighted by molar-refractivity contribution is 5.79. The van der Waals surface area contributed by atoms with Gasteiger partial charge in [-0.1, -0.05) is 29.8 Å². The molecule has 1 fully saturated rings. The fourth-order valence-electron chi connectivity index (χ4n) is 2.47. The lowest BCUT2D eigenvalue weighted by Gasteiger charge is -2.28. The monoisotopic (exact) mass is 248 g/mol. The first-order valence-corrected chi connectivity index (χ1v) is 6.34. The Balaban J connectivity index is 2.22. The molecule has 0 spiro atoms. The van der Waals surface area contributed by atoms with E-state index >= 15 is 0 Å². The van der Waals surface area contributed by atoms with E-state index in [-0.39, 0.29) is 24.6 Å². The summed E-state index contributed by atoms with van der Waals surface area (Å²) in [6.07, 6.45) is 0.968. The zero-order chi connectivity index (χ0) is 13.1. The summed E-state index contributed by atoms with van der Waals surface area (Å²) in [4.78, 5) is 13.7. The van der Waals surface area contributed by atoms with E-state index in [1.165, 1.54) is 5.56 Å². The quantitative estimate of drug-likeness (QED) is 0.834. The summed E-state index contributed by atoms with van der Waals surface area (Å²) in [5.74, 6) is 0.0847. The number of hydrogen-bond donors (Lipinski definition) is 2. The van der Waals surface area contributed by atoms with Crippen LogP contribution in [0.25, 0.3) is 0 Å². The molecule has 18 heavy (non-hydrogen) atoms. The highest BCUT2D eigenvalue weighted by Crippen LogP contribution is 2.28. The van der Waals surface area contributed by atoms with E-state index in [2.05, 4.69) is 0 Å². The van der Waals surface area contributed by atoms with E-state index in [4.69, 9.17) is 5.73 Å². The topological polar surface area (TPSA) is 66.6 Å². The molecule has 1 heterocycles. The maximum atomic E-state index is 11.9. The average Bonchev–Trinajstić information content (AvgIpc) is 2.67. The zero-order valence-corrected chi connectivity index (χ0v) is 10.7. The number of benzene rings is 1. The SMILES string of the molecule is Cc1ccc(C(CCO)N2CC(N)CC2=O)cc1. The van der Waals surface area contributed by atoms with Crippen LogP contribution >= 0.6 is 0 Å². The molecule has 1 aliphatic rings. The Morgan fingerprint density at radius 1 is 1.44 bits per heavy atom. The van der Waals surface area contributed by atoms with E-state index in [1.807, 2.05) is 31.2 Å². The van der Waals surface area contributed by atoms with Gasteiger partial charge in [0, 0.05) is 25.6 Å². The van der Waals surface area contributed by atoms with Gasteiger partial charge in [0.25, 0.3) is 0 Å². The largest absolute Gasteiger partial charge is 0.396 e.